The molecule has 0 fully saturated rings. The Bertz CT molecular complexity index is 319. The van der Waals surface area contributed by atoms with Crippen molar-refractivity contribution in [1.82, 2.24) is 14.7 Å². The number of hydrogen-bond acceptors (Lipinski definition) is 2. The van der Waals surface area contributed by atoms with Gasteiger partial charge in [-0.3, -0.25) is 9.58 Å². The smallest absolute Gasteiger partial charge is 0.154 e. The molecule has 0 saturated carbocycles. The van der Waals surface area contributed by atoms with Crippen LogP contribution in [0.3, 0.4) is 0 Å². The highest BCUT2D eigenvalue weighted by molar-refractivity contribution is 6.30. The third-order valence-corrected chi connectivity index (χ3v) is 3.03. The maximum absolute atomic E-state index is 6.00. The number of likely N-dealkylation sites (N-methyl/N-ethyl adjacent to an activating group) is 1. The molecule has 72 valence electrons. The maximum atomic E-state index is 6.00. The molecule has 2 heterocycles. The van der Waals surface area contributed by atoms with Crippen molar-refractivity contribution in [2.24, 2.45) is 7.05 Å². The summed E-state index contributed by atoms with van der Waals surface area (Å²) in [7, 11) is 1.96. The molecule has 0 radical (unpaired) electrons. The number of aromatic nitrogens is 2. The zero-order valence-electron chi connectivity index (χ0n) is 8.05. The van der Waals surface area contributed by atoms with Gasteiger partial charge in [-0.05, 0) is 13.0 Å². The summed E-state index contributed by atoms with van der Waals surface area (Å²) in [6.07, 6.45) is 1.04. The van der Waals surface area contributed by atoms with Gasteiger partial charge in [0.1, 0.15) is 0 Å². The molecule has 1 aliphatic rings. The average Bonchev–Trinajstić information content (AvgIpc) is 2.42. The van der Waals surface area contributed by atoms with E-state index in [1.807, 2.05) is 11.7 Å². The first-order valence-electron chi connectivity index (χ1n) is 4.65. The van der Waals surface area contributed by atoms with E-state index in [-0.39, 0.29) is 0 Å². The molecule has 0 aliphatic carbocycles. The van der Waals surface area contributed by atoms with E-state index in [0.717, 1.165) is 26.1 Å². The molecule has 0 unspecified atom stereocenters. The molecule has 0 spiro atoms. The van der Waals surface area contributed by atoms with Gasteiger partial charge in [-0.2, -0.15) is 5.10 Å². The largest absolute Gasteiger partial charge is 0.297 e. The van der Waals surface area contributed by atoms with E-state index in [1.165, 1.54) is 11.3 Å². The Morgan fingerprint density at radius 2 is 2.31 bits per heavy atom. The van der Waals surface area contributed by atoms with Crippen LogP contribution in [-0.2, 0) is 20.0 Å². The fourth-order valence-corrected chi connectivity index (χ4v) is 2.16. The zero-order valence-corrected chi connectivity index (χ0v) is 8.80. The third-order valence-electron chi connectivity index (χ3n) is 2.72. The van der Waals surface area contributed by atoms with Crippen LogP contribution in [0.4, 0.5) is 0 Å². The second-order valence-corrected chi connectivity index (χ2v) is 3.82. The van der Waals surface area contributed by atoms with Crippen molar-refractivity contribution in [3.8, 4) is 0 Å². The standard InChI is InChI=1S/C9H14ClN3/c1-3-13-5-4-7-8(6-13)12(2)11-9(7)10/h3-6H2,1-2H3. The number of fused-ring (bicyclic) bond motifs is 1. The zero-order chi connectivity index (χ0) is 9.42. The highest BCUT2D eigenvalue weighted by atomic mass is 35.5. The first-order valence-corrected chi connectivity index (χ1v) is 5.02. The highest BCUT2D eigenvalue weighted by Crippen LogP contribution is 2.24. The van der Waals surface area contributed by atoms with Crippen LogP contribution in [0.1, 0.15) is 18.2 Å². The van der Waals surface area contributed by atoms with Crippen molar-refractivity contribution in [3.05, 3.63) is 16.4 Å². The maximum Gasteiger partial charge on any atom is 0.154 e. The van der Waals surface area contributed by atoms with Crippen molar-refractivity contribution in [2.45, 2.75) is 19.9 Å². The van der Waals surface area contributed by atoms with Crippen molar-refractivity contribution >= 4 is 11.6 Å². The summed E-state index contributed by atoms with van der Waals surface area (Å²) in [5, 5.41) is 4.91. The summed E-state index contributed by atoms with van der Waals surface area (Å²) >= 11 is 6.00. The molecule has 13 heavy (non-hydrogen) atoms. The molecule has 0 bridgehead atoms. The Morgan fingerprint density at radius 3 is 3.00 bits per heavy atom. The molecule has 0 aromatic carbocycles. The van der Waals surface area contributed by atoms with Gasteiger partial charge < -0.3 is 0 Å². The number of aryl methyl sites for hydroxylation is 1. The monoisotopic (exact) mass is 199 g/mol. The van der Waals surface area contributed by atoms with Gasteiger partial charge in [0.15, 0.2) is 5.15 Å². The lowest BCUT2D eigenvalue weighted by Crippen LogP contribution is -2.30. The fourth-order valence-electron chi connectivity index (χ4n) is 1.84. The molecule has 4 heteroatoms. The number of nitrogens with zero attached hydrogens (tertiary/aromatic N) is 3. The van der Waals surface area contributed by atoms with Crippen molar-refractivity contribution in [1.29, 1.82) is 0 Å². The fraction of sp³-hybridized carbons (Fsp3) is 0.667. The van der Waals surface area contributed by atoms with Crippen LogP contribution in [0.5, 0.6) is 0 Å². The van der Waals surface area contributed by atoms with E-state index in [1.54, 1.807) is 0 Å². The van der Waals surface area contributed by atoms with Gasteiger partial charge in [0.2, 0.25) is 0 Å². The Kier molecular flexibility index (Phi) is 2.30. The lowest BCUT2D eigenvalue weighted by Gasteiger charge is -2.25. The van der Waals surface area contributed by atoms with Gasteiger partial charge in [0.25, 0.3) is 0 Å². The SMILES string of the molecule is CCN1CCc2c(Cl)nn(C)c2C1. The number of hydrogen-bond donors (Lipinski definition) is 0. The molecule has 0 saturated heterocycles. The Hall–Kier alpha value is -0.540. The Balaban J connectivity index is 2.33. The second kappa shape index (κ2) is 3.31. The van der Waals surface area contributed by atoms with E-state index in [4.69, 9.17) is 11.6 Å². The molecular weight excluding hydrogens is 186 g/mol. The summed E-state index contributed by atoms with van der Waals surface area (Å²) in [6.45, 7) is 5.38. The van der Waals surface area contributed by atoms with Crippen LogP contribution in [0, 0.1) is 0 Å². The topological polar surface area (TPSA) is 21.1 Å². The van der Waals surface area contributed by atoms with E-state index in [9.17, 15) is 0 Å². The number of halogens is 1. The molecule has 1 aromatic heterocycles. The van der Waals surface area contributed by atoms with Gasteiger partial charge in [0.05, 0.1) is 5.69 Å². The summed E-state index contributed by atoms with van der Waals surface area (Å²) in [4.78, 5) is 2.40. The summed E-state index contributed by atoms with van der Waals surface area (Å²) in [6, 6.07) is 0. The van der Waals surface area contributed by atoms with Crippen LogP contribution in [-0.4, -0.2) is 27.8 Å². The molecule has 1 aromatic rings. The van der Waals surface area contributed by atoms with Gasteiger partial charge in [-0.1, -0.05) is 18.5 Å². The van der Waals surface area contributed by atoms with Crippen LogP contribution in [0.2, 0.25) is 5.15 Å². The highest BCUT2D eigenvalue weighted by Gasteiger charge is 2.21. The van der Waals surface area contributed by atoms with E-state index >= 15 is 0 Å². The second-order valence-electron chi connectivity index (χ2n) is 3.46. The van der Waals surface area contributed by atoms with Crippen LogP contribution < -0.4 is 0 Å². The quantitative estimate of drug-likeness (QED) is 0.683. The molecule has 1 aliphatic heterocycles. The first kappa shape index (κ1) is 9.03. The summed E-state index contributed by atoms with van der Waals surface area (Å²) < 4.78 is 1.90. The predicted octanol–water partition coefficient (Wildman–Crippen LogP) is 1.45. The van der Waals surface area contributed by atoms with Crippen molar-refractivity contribution < 1.29 is 0 Å². The minimum Gasteiger partial charge on any atom is -0.297 e. The van der Waals surface area contributed by atoms with E-state index < -0.39 is 0 Å². The van der Waals surface area contributed by atoms with Crippen molar-refractivity contribution in [2.75, 3.05) is 13.1 Å². The van der Waals surface area contributed by atoms with Crippen molar-refractivity contribution in [3.63, 3.8) is 0 Å². The third kappa shape index (κ3) is 1.46. The van der Waals surface area contributed by atoms with E-state index in [0.29, 0.717) is 5.15 Å². The van der Waals surface area contributed by atoms with Gasteiger partial charge in [-0.15, -0.1) is 0 Å². The lowest BCUT2D eigenvalue weighted by molar-refractivity contribution is 0.260. The molecule has 0 amide bonds. The average molecular weight is 200 g/mol. The van der Waals surface area contributed by atoms with Crippen LogP contribution >= 0.6 is 11.6 Å². The molecule has 2 rings (SSSR count). The molecular formula is C9H14ClN3. The first-order chi connectivity index (χ1) is 6.22. The van der Waals surface area contributed by atoms with Gasteiger partial charge in [0, 0.05) is 25.7 Å². The Labute approximate surface area is 83.3 Å². The van der Waals surface area contributed by atoms with E-state index in [2.05, 4.69) is 16.9 Å². The number of rotatable bonds is 1. The van der Waals surface area contributed by atoms with Gasteiger partial charge >= 0.3 is 0 Å². The predicted molar refractivity (Wildman–Crippen MR) is 52.9 cm³/mol. The van der Waals surface area contributed by atoms with Crippen LogP contribution in [0.25, 0.3) is 0 Å². The summed E-state index contributed by atoms with van der Waals surface area (Å²) in [5.74, 6) is 0. The van der Waals surface area contributed by atoms with Gasteiger partial charge in [-0.25, -0.2) is 0 Å². The minimum atomic E-state index is 0.688. The Morgan fingerprint density at radius 1 is 1.54 bits per heavy atom. The lowest BCUT2D eigenvalue weighted by atomic mass is 10.1. The minimum absolute atomic E-state index is 0.688. The molecule has 3 nitrogen and oxygen atoms in total. The normalized spacial score (nSPS) is 17.5. The van der Waals surface area contributed by atoms with Crippen LogP contribution in [0.15, 0.2) is 0 Å². The summed E-state index contributed by atoms with van der Waals surface area (Å²) in [5.41, 5.74) is 2.52. The molecule has 0 N–H and O–H groups in total. The molecule has 0 atom stereocenters.